The maximum absolute atomic E-state index is 6.00. The molecule has 2 atom stereocenters. The first kappa shape index (κ1) is 11.0. The van der Waals surface area contributed by atoms with Crippen LogP contribution in [0.25, 0.3) is 0 Å². The third-order valence-electron chi connectivity index (χ3n) is 2.84. The van der Waals surface area contributed by atoms with Crippen LogP contribution >= 0.6 is 11.6 Å². The zero-order chi connectivity index (χ0) is 10.7. The maximum Gasteiger partial charge on any atom is 0.197 e. The highest BCUT2D eigenvalue weighted by Gasteiger charge is 2.28. The molecule has 4 heteroatoms. The number of hydrogen-bond donors (Lipinski definition) is 1. The molecule has 0 aromatic carbocycles. The lowest BCUT2D eigenvalue weighted by molar-refractivity contribution is 0.177. The molecule has 0 spiro atoms. The third kappa shape index (κ3) is 2.36. The molecule has 0 aliphatic carbocycles. The van der Waals surface area contributed by atoms with Crippen LogP contribution in [0, 0.1) is 5.92 Å². The maximum atomic E-state index is 6.00. The largest absolute Gasteiger partial charge is 0.453 e. The Kier molecular flexibility index (Phi) is 3.67. The summed E-state index contributed by atoms with van der Waals surface area (Å²) in [6.45, 7) is 4.67. The van der Waals surface area contributed by atoms with Gasteiger partial charge in [-0.1, -0.05) is 6.92 Å². The zero-order valence-electron chi connectivity index (χ0n) is 8.83. The van der Waals surface area contributed by atoms with Crippen molar-refractivity contribution in [2.75, 3.05) is 19.8 Å². The Labute approximate surface area is 94.7 Å². The van der Waals surface area contributed by atoms with Gasteiger partial charge in [0.1, 0.15) is 0 Å². The highest BCUT2D eigenvalue weighted by atomic mass is 35.5. The SMILES string of the molecule is CCNC(c1ccoc1Cl)C1CCOC1. The molecule has 2 heterocycles. The van der Waals surface area contributed by atoms with Crippen LogP contribution in [-0.4, -0.2) is 19.8 Å². The van der Waals surface area contributed by atoms with Crippen molar-refractivity contribution in [1.29, 1.82) is 0 Å². The highest BCUT2D eigenvalue weighted by Crippen LogP contribution is 2.33. The molecular weight excluding hydrogens is 214 g/mol. The van der Waals surface area contributed by atoms with E-state index in [9.17, 15) is 0 Å². The van der Waals surface area contributed by atoms with E-state index in [4.69, 9.17) is 20.8 Å². The minimum absolute atomic E-state index is 0.253. The summed E-state index contributed by atoms with van der Waals surface area (Å²) < 4.78 is 10.5. The van der Waals surface area contributed by atoms with Gasteiger partial charge in [0.05, 0.1) is 12.9 Å². The first-order valence-corrected chi connectivity index (χ1v) is 5.74. The number of nitrogens with one attached hydrogen (secondary N) is 1. The average molecular weight is 230 g/mol. The van der Waals surface area contributed by atoms with Crippen molar-refractivity contribution in [2.45, 2.75) is 19.4 Å². The standard InChI is InChI=1S/C11H16ClNO2/c1-2-13-10(8-3-5-14-7-8)9-4-6-15-11(9)12/h4,6,8,10,13H,2-3,5,7H2,1H3. The van der Waals surface area contributed by atoms with E-state index in [1.54, 1.807) is 6.26 Å². The Balaban J connectivity index is 2.15. The fourth-order valence-corrected chi connectivity index (χ4v) is 2.32. The second kappa shape index (κ2) is 5.01. The highest BCUT2D eigenvalue weighted by molar-refractivity contribution is 6.29. The van der Waals surface area contributed by atoms with E-state index < -0.39 is 0 Å². The lowest BCUT2D eigenvalue weighted by atomic mass is 9.94. The molecule has 1 aliphatic heterocycles. The molecule has 1 fully saturated rings. The Morgan fingerprint density at radius 3 is 3.07 bits per heavy atom. The van der Waals surface area contributed by atoms with Crippen molar-refractivity contribution < 1.29 is 9.15 Å². The summed E-state index contributed by atoms with van der Waals surface area (Å²) in [5.41, 5.74) is 1.05. The monoisotopic (exact) mass is 229 g/mol. The summed E-state index contributed by atoms with van der Waals surface area (Å²) in [5, 5.41) is 3.94. The topological polar surface area (TPSA) is 34.4 Å². The molecule has 0 amide bonds. The van der Waals surface area contributed by atoms with Gasteiger partial charge in [-0.2, -0.15) is 0 Å². The van der Waals surface area contributed by atoms with Crippen LogP contribution < -0.4 is 5.32 Å². The molecule has 2 unspecified atom stereocenters. The molecule has 1 aromatic rings. The molecule has 1 aromatic heterocycles. The Bertz CT molecular complexity index is 307. The predicted octanol–water partition coefficient (Wildman–Crippen LogP) is 2.62. The molecule has 2 rings (SSSR count). The van der Waals surface area contributed by atoms with E-state index in [0.29, 0.717) is 11.1 Å². The molecule has 0 bridgehead atoms. The lowest BCUT2D eigenvalue weighted by Gasteiger charge is -2.22. The minimum Gasteiger partial charge on any atom is -0.453 e. The first-order chi connectivity index (χ1) is 7.33. The van der Waals surface area contributed by atoms with Gasteiger partial charge in [0, 0.05) is 24.1 Å². The van der Waals surface area contributed by atoms with Gasteiger partial charge in [0.2, 0.25) is 0 Å². The van der Waals surface area contributed by atoms with Crippen molar-refractivity contribution >= 4 is 11.6 Å². The molecule has 0 radical (unpaired) electrons. The van der Waals surface area contributed by atoms with Crippen LogP contribution in [0.3, 0.4) is 0 Å². The van der Waals surface area contributed by atoms with E-state index in [-0.39, 0.29) is 6.04 Å². The van der Waals surface area contributed by atoms with E-state index in [0.717, 1.165) is 31.7 Å². The molecule has 0 saturated carbocycles. The summed E-state index contributed by atoms with van der Waals surface area (Å²) in [6, 6.07) is 2.19. The van der Waals surface area contributed by atoms with Crippen molar-refractivity contribution in [1.82, 2.24) is 5.32 Å². The van der Waals surface area contributed by atoms with E-state index >= 15 is 0 Å². The first-order valence-electron chi connectivity index (χ1n) is 5.37. The zero-order valence-corrected chi connectivity index (χ0v) is 9.59. The summed E-state index contributed by atoms with van der Waals surface area (Å²) in [6.07, 6.45) is 2.72. The fourth-order valence-electron chi connectivity index (χ4n) is 2.09. The lowest BCUT2D eigenvalue weighted by Crippen LogP contribution is -2.28. The van der Waals surface area contributed by atoms with E-state index in [1.807, 2.05) is 6.07 Å². The van der Waals surface area contributed by atoms with Crippen molar-refractivity contribution in [3.8, 4) is 0 Å². The van der Waals surface area contributed by atoms with Gasteiger partial charge in [0.15, 0.2) is 5.22 Å². The summed E-state index contributed by atoms with van der Waals surface area (Å²) >= 11 is 6.00. The summed E-state index contributed by atoms with van der Waals surface area (Å²) in [7, 11) is 0. The number of hydrogen-bond acceptors (Lipinski definition) is 3. The molecule has 1 saturated heterocycles. The van der Waals surface area contributed by atoms with Gasteiger partial charge in [0.25, 0.3) is 0 Å². The Hall–Kier alpha value is -0.510. The molecule has 15 heavy (non-hydrogen) atoms. The number of halogens is 1. The van der Waals surface area contributed by atoms with Gasteiger partial charge in [-0.05, 0) is 30.6 Å². The van der Waals surface area contributed by atoms with Crippen molar-refractivity contribution in [3.63, 3.8) is 0 Å². The van der Waals surface area contributed by atoms with Gasteiger partial charge in [-0.25, -0.2) is 0 Å². The van der Waals surface area contributed by atoms with Crippen molar-refractivity contribution in [2.24, 2.45) is 5.92 Å². The minimum atomic E-state index is 0.253. The molecule has 3 nitrogen and oxygen atoms in total. The van der Waals surface area contributed by atoms with Crippen LogP contribution in [0.4, 0.5) is 0 Å². The number of furan rings is 1. The Morgan fingerprint density at radius 1 is 1.67 bits per heavy atom. The van der Waals surface area contributed by atoms with Gasteiger partial charge < -0.3 is 14.5 Å². The molecule has 1 N–H and O–H groups in total. The third-order valence-corrected chi connectivity index (χ3v) is 3.15. The van der Waals surface area contributed by atoms with Gasteiger partial charge in [-0.15, -0.1) is 0 Å². The van der Waals surface area contributed by atoms with Crippen molar-refractivity contribution in [3.05, 3.63) is 23.1 Å². The predicted molar refractivity (Wildman–Crippen MR) is 59.1 cm³/mol. The van der Waals surface area contributed by atoms with Crippen LogP contribution in [0.5, 0.6) is 0 Å². The number of rotatable bonds is 4. The molecular formula is C11H16ClNO2. The van der Waals surface area contributed by atoms with Crippen LogP contribution in [0.15, 0.2) is 16.7 Å². The Morgan fingerprint density at radius 2 is 2.53 bits per heavy atom. The fraction of sp³-hybridized carbons (Fsp3) is 0.636. The molecule has 1 aliphatic rings. The normalized spacial score (nSPS) is 23.2. The average Bonchev–Trinajstić information content (AvgIpc) is 2.85. The van der Waals surface area contributed by atoms with E-state index in [2.05, 4.69) is 12.2 Å². The molecule has 84 valence electrons. The van der Waals surface area contributed by atoms with Crippen LogP contribution in [-0.2, 0) is 4.74 Å². The second-order valence-corrected chi connectivity index (χ2v) is 4.15. The smallest absolute Gasteiger partial charge is 0.197 e. The van der Waals surface area contributed by atoms with Gasteiger partial charge in [-0.3, -0.25) is 0 Å². The summed E-state index contributed by atoms with van der Waals surface area (Å²) in [4.78, 5) is 0. The second-order valence-electron chi connectivity index (χ2n) is 3.81. The summed E-state index contributed by atoms with van der Waals surface area (Å²) in [5.74, 6) is 0.500. The van der Waals surface area contributed by atoms with E-state index in [1.165, 1.54) is 0 Å². The van der Waals surface area contributed by atoms with Crippen LogP contribution in [0.1, 0.15) is 24.9 Å². The van der Waals surface area contributed by atoms with Crippen LogP contribution in [0.2, 0.25) is 5.22 Å². The van der Waals surface area contributed by atoms with Gasteiger partial charge >= 0.3 is 0 Å². The quantitative estimate of drug-likeness (QED) is 0.862. The number of ether oxygens (including phenoxy) is 1.